The predicted octanol–water partition coefficient (Wildman–Crippen LogP) is 2.00. The Kier molecular flexibility index (Phi) is 4.24. The molecule has 0 heterocycles. The van der Waals surface area contributed by atoms with Gasteiger partial charge in [0.15, 0.2) is 0 Å². The van der Waals surface area contributed by atoms with E-state index in [1.165, 1.54) is 6.92 Å². The molecule has 0 aliphatic rings. The number of halogens is 1. The number of nitrogens with two attached hydrogens (primary N) is 1. The second-order valence-corrected chi connectivity index (χ2v) is 3.35. The molecular weight excluding hydrogens is 195 g/mol. The van der Waals surface area contributed by atoms with Gasteiger partial charge in [0.05, 0.1) is 0 Å². The van der Waals surface area contributed by atoms with E-state index in [0.29, 0.717) is 24.2 Å². The van der Waals surface area contributed by atoms with Gasteiger partial charge in [-0.3, -0.25) is 4.79 Å². The molecule has 0 radical (unpaired) electrons. The highest BCUT2D eigenvalue weighted by molar-refractivity contribution is 5.88. The van der Waals surface area contributed by atoms with Gasteiger partial charge in [-0.05, 0) is 30.7 Å². The molecule has 0 aliphatic heterocycles. The van der Waals surface area contributed by atoms with E-state index in [4.69, 9.17) is 5.73 Å². The Hall–Kier alpha value is -1.42. The van der Waals surface area contributed by atoms with E-state index < -0.39 is 6.17 Å². The van der Waals surface area contributed by atoms with Crippen molar-refractivity contribution in [3.63, 3.8) is 0 Å². The zero-order valence-electron chi connectivity index (χ0n) is 8.66. The molecule has 0 aromatic heterocycles. The lowest BCUT2D eigenvalue weighted by molar-refractivity contribution is -0.114. The minimum atomic E-state index is -1.07. The van der Waals surface area contributed by atoms with Gasteiger partial charge in [-0.25, -0.2) is 4.39 Å². The van der Waals surface area contributed by atoms with Crippen LogP contribution in [0.5, 0.6) is 0 Å². The molecule has 82 valence electrons. The third kappa shape index (κ3) is 3.67. The van der Waals surface area contributed by atoms with E-state index >= 15 is 0 Å². The van der Waals surface area contributed by atoms with Gasteiger partial charge >= 0.3 is 0 Å². The molecule has 15 heavy (non-hydrogen) atoms. The first-order chi connectivity index (χ1) is 7.13. The Morgan fingerprint density at radius 2 is 2.33 bits per heavy atom. The van der Waals surface area contributed by atoms with Crippen molar-refractivity contribution in [1.29, 1.82) is 0 Å². The maximum atomic E-state index is 13.5. The molecule has 0 spiro atoms. The SMILES string of the molecule is CC(=O)Nc1cccc(C(F)CCN)c1. The van der Waals surface area contributed by atoms with Crippen LogP contribution in [0.3, 0.4) is 0 Å². The number of rotatable bonds is 4. The third-order valence-corrected chi connectivity index (χ3v) is 1.99. The van der Waals surface area contributed by atoms with E-state index in [-0.39, 0.29) is 5.91 Å². The van der Waals surface area contributed by atoms with Crippen LogP contribution in [-0.2, 0) is 4.79 Å². The molecular formula is C11H15FN2O. The van der Waals surface area contributed by atoms with Crippen LogP contribution < -0.4 is 11.1 Å². The average molecular weight is 210 g/mol. The second-order valence-electron chi connectivity index (χ2n) is 3.35. The topological polar surface area (TPSA) is 55.1 Å². The van der Waals surface area contributed by atoms with Crippen molar-refractivity contribution in [2.75, 3.05) is 11.9 Å². The zero-order valence-corrected chi connectivity index (χ0v) is 8.66. The van der Waals surface area contributed by atoms with Crippen molar-refractivity contribution in [1.82, 2.24) is 0 Å². The standard InChI is InChI=1S/C11H15FN2O/c1-8(15)14-10-4-2-3-9(7-10)11(12)5-6-13/h2-4,7,11H,5-6,13H2,1H3,(H,14,15). The zero-order chi connectivity index (χ0) is 11.3. The van der Waals surface area contributed by atoms with E-state index in [1.54, 1.807) is 24.3 Å². The van der Waals surface area contributed by atoms with Gasteiger partial charge in [0, 0.05) is 12.6 Å². The molecule has 4 heteroatoms. The number of carbonyl (C=O) groups excluding carboxylic acids is 1. The van der Waals surface area contributed by atoms with Crippen molar-refractivity contribution in [3.05, 3.63) is 29.8 Å². The second kappa shape index (κ2) is 5.46. The smallest absolute Gasteiger partial charge is 0.221 e. The number of hydrogen-bond donors (Lipinski definition) is 2. The van der Waals surface area contributed by atoms with Crippen LogP contribution in [0.15, 0.2) is 24.3 Å². The lowest BCUT2D eigenvalue weighted by Crippen LogP contribution is -2.07. The number of hydrogen-bond acceptors (Lipinski definition) is 2. The van der Waals surface area contributed by atoms with Crippen molar-refractivity contribution >= 4 is 11.6 Å². The Bertz CT molecular complexity index is 341. The number of carbonyl (C=O) groups is 1. The molecule has 1 aromatic rings. The summed E-state index contributed by atoms with van der Waals surface area (Å²) in [5, 5.41) is 2.61. The van der Waals surface area contributed by atoms with Gasteiger partial charge in [-0.2, -0.15) is 0 Å². The summed E-state index contributed by atoms with van der Waals surface area (Å²) in [6.07, 6.45) is -0.771. The van der Waals surface area contributed by atoms with Crippen LogP contribution in [0, 0.1) is 0 Å². The molecule has 0 saturated heterocycles. The van der Waals surface area contributed by atoms with Crippen LogP contribution in [0.1, 0.15) is 25.1 Å². The van der Waals surface area contributed by atoms with Gasteiger partial charge in [-0.15, -0.1) is 0 Å². The van der Waals surface area contributed by atoms with Crippen molar-refractivity contribution < 1.29 is 9.18 Å². The number of alkyl halides is 1. The molecule has 1 unspecified atom stereocenters. The summed E-state index contributed by atoms with van der Waals surface area (Å²) in [4.78, 5) is 10.8. The molecule has 0 bridgehead atoms. The van der Waals surface area contributed by atoms with Crippen LogP contribution in [0.2, 0.25) is 0 Å². The summed E-state index contributed by atoms with van der Waals surface area (Å²) >= 11 is 0. The molecule has 1 atom stereocenters. The van der Waals surface area contributed by atoms with Gasteiger partial charge in [0.25, 0.3) is 0 Å². The summed E-state index contributed by atoms with van der Waals surface area (Å²) in [6, 6.07) is 6.75. The minimum Gasteiger partial charge on any atom is -0.330 e. The fourth-order valence-electron chi connectivity index (χ4n) is 1.33. The summed E-state index contributed by atoms with van der Waals surface area (Å²) in [7, 11) is 0. The Balaban J connectivity index is 2.77. The molecule has 3 nitrogen and oxygen atoms in total. The first-order valence-corrected chi connectivity index (χ1v) is 4.85. The van der Waals surface area contributed by atoms with Crippen molar-refractivity contribution in [2.45, 2.75) is 19.5 Å². The Morgan fingerprint density at radius 3 is 2.93 bits per heavy atom. The first-order valence-electron chi connectivity index (χ1n) is 4.85. The molecule has 1 aromatic carbocycles. The number of amides is 1. The monoisotopic (exact) mass is 210 g/mol. The van der Waals surface area contributed by atoms with Crippen molar-refractivity contribution in [2.24, 2.45) is 5.73 Å². The molecule has 1 rings (SSSR count). The lowest BCUT2D eigenvalue weighted by atomic mass is 10.1. The van der Waals surface area contributed by atoms with Gasteiger partial charge in [-0.1, -0.05) is 12.1 Å². The first kappa shape index (κ1) is 11.7. The predicted molar refractivity (Wildman–Crippen MR) is 58.3 cm³/mol. The van der Waals surface area contributed by atoms with Gasteiger partial charge < -0.3 is 11.1 Å². The number of nitrogens with one attached hydrogen (secondary N) is 1. The fraction of sp³-hybridized carbons (Fsp3) is 0.364. The summed E-state index contributed by atoms with van der Waals surface area (Å²) < 4.78 is 13.5. The summed E-state index contributed by atoms with van der Waals surface area (Å²) in [5.41, 5.74) is 6.43. The van der Waals surface area contributed by atoms with Crippen molar-refractivity contribution in [3.8, 4) is 0 Å². The van der Waals surface area contributed by atoms with Crippen LogP contribution in [0.25, 0.3) is 0 Å². The normalized spacial score (nSPS) is 12.2. The largest absolute Gasteiger partial charge is 0.330 e. The van der Waals surface area contributed by atoms with E-state index in [9.17, 15) is 9.18 Å². The fourth-order valence-corrected chi connectivity index (χ4v) is 1.33. The molecule has 1 amide bonds. The van der Waals surface area contributed by atoms with E-state index in [1.807, 2.05) is 0 Å². The maximum Gasteiger partial charge on any atom is 0.221 e. The molecule has 0 fully saturated rings. The third-order valence-electron chi connectivity index (χ3n) is 1.99. The number of benzene rings is 1. The highest BCUT2D eigenvalue weighted by Gasteiger charge is 2.08. The molecule has 0 aliphatic carbocycles. The van der Waals surface area contributed by atoms with E-state index in [2.05, 4.69) is 5.32 Å². The van der Waals surface area contributed by atoms with Crippen LogP contribution in [0.4, 0.5) is 10.1 Å². The number of anilines is 1. The minimum absolute atomic E-state index is 0.165. The highest BCUT2D eigenvalue weighted by Crippen LogP contribution is 2.23. The lowest BCUT2D eigenvalue weighted by Gasteiger charge is -2.09. The Morgan fingerprint density at radius 1 is 1.60 bits per heavy atom. The summed E-state index contributed by atoms with van der Waals surface area (Å²) in [6.45, 7) is 1.73. The maximum absolute atomic E-state index is 13.5. The molecule has 0 saturated carbocycles. The molecule has 3 N–H and O–H groups in total. The quantitative estimate of drug-likeness (QED) is 0.798. The van der Waals surface area contributed by atoms with Crippen LogP contribution in [-0.4, -0.2) is 12.5 Å². The highest BCUT2D eigenvalue weighted by atomic mass is 19.1. The van der Waals surface area contributed by atoms with Gasteiger partial charge in [0.2, 0.25) is 5.91 Å². The summed E-state index contributed by atoms with van der Waals surface area (Å²) in [5.74, 6) is -0.165. The Labute approximate surface area is 88.5 Å². The van der Waals surface area contributed by atoms with E-state index in [0.717, 1.165) is 0 Å². The van der Waals surface area contributed by atoms with Gasteiger partial charge in [0.1, 0.15) is 6.17 Å². The average Bonchev–Trinajstić information content (AvgIpc) is 2.17. The van der Waals surface area contributed by atoms with Crippen LogP contribution >= 0.6 is 0 Å².